The molecule has 0 aromatic carbocycles. The third-order valence-electron chi connectivity index (χ3n) is 1.97. The Labute approximate surface area is 114 Å². The van der Waals surface area contributed by atoms with E-state index in [1.54, 1.807) is 0 Å². The SMILES string of the molecule is CC(=O)OCC(O)C(OC(C)=O)C(OC(C)=O)C(=O)O. The highest BCUT2D eigenvalue weighted by Gasteiger charge is 2.39. The second-order valence-electron chi connectivity index (χ2n) is 3.81. The van der Waals surface area contributed by atoms with Gasteiger partial charge in [0.2, 0.25) is 6.10 Å². The number of aliphatic hydroxyl groups is 1. The minimum absolute atomic E-state index is 0.613. The fourth-order valence-electron chi connectivity index (χ4n) is 1.27. The first-order valence-electron chi connectivity index (χ1n) is 5.53. The first kappa shape index (κ1) is 17.8. The topological polar surface area (TPSA) is 136 Å². The number of rotatable bonds is 7. The fourth-order valence-corrected chi connectivity index (χ4v) is 1.27. The van der Waals surface area contributed by atoms with Gasteiger partial charge in [-0.2, -0.15) is 0 Å². The van der Waals surface area contributed by atoms with Gasteiger partial charge in [0.1, 0.15) is 12.7 Å². The molecular formula is C11H16O9. The van der Waals surface area contributed by atoms with Gasteiger partial charge in [-0.3, -0.25) is 14.4 Å². The molecule has 0 heterocycles. The maximum atomic E-state index is 11.0. The van der Waals surface area contributed by atoms with E-state index in [1.165, 1.54) is 0 Å². The molecule has 0 aromatic rings. The second kappa shape index (κ2) is 8.10. The van der Waals surface area contributed by atoms with Crippen molar-refractivity contribution in [3.05, 3.63) is 0 Å². The van der Waals surface area contributed by atoms with E-state index in [0.717, 1.165) is 20.8 Å². The van der Waals surface area contributed by atoms with Crippen LogP contribution in [0.3, 0.4) is 0 Å². The highest BCUT2D eigenvalue weighted by atomic mass is 16.6. The fraction of sp³-hybridized carbons (Fsp3) is 0.636. The van der Waals surface area contributed by atoms with Crippen LogP contribution in [-0.4, -0.2) is 59.0 Å². The lowest BCUT2D eigenvalue weighted by atomic mass is 10.1. The van der Waals surface area contributed by atoms with Crippen LogP contribution in [0.1, 0.15) is 20.8 Å². The van der Waals surface area contributed by atoms with Gasteiger partial charge < -0.3 is 24.4 Å². The van der Waals surface area contributed by atoms with Gasteiger partial charge in [-0.15, -0.1) is 0 Å². The van der Waals surface area contributed by atoms with Crippen molar-refractivity contribution in [2.75, 3.05) is 6.61 Å². The van der Waals surface area contributed by atoms with Crippen molar-refractivity contribution in [1.29, 1.82) is 0 Å². The Morgan fingerprint density at radius 3 is 1.80 bits per heavy atom. The number of aliphatic hydroxyl groups excluding tert-OH is 1. The summed E-state index contributed by atoms with van der Waals surface area (Å²) in [6.45, 7) is 2.41. The summed E-state index contributed by atoms with van der Waals surface area (Å²) in [7, 11) is 0. The molecule has 0 bridgehead atoms. The number of carboxylic acid groups (broad SMARTS) is 1. The van der Waals surface area contributed by atoms with Crippen molar-refractivity contribution in [2.24, 2.45) is 0 Å². The normalized spacial score (nSPS) is 14.6. The van der Waals surface area contributed by atoms with Crippen LogP contribution in [0, 0.1) is 0 Å². The number of carbonyl (C=O) groups excluding carboxylic acids is 3. The van der Waals surface area contributed by atoms with E-state index in [9.17, 15) is 24.3 Å². The molecule has 9 heteroatoms. The van der Waals surface area contributed by atoms with Crippen LogP contribution in [0.4, 0.5) is 0 Å². The summed E-state index contributed by atoms with van der Waals surface area (Å²) in [5.41, 5.74) is 0. The summed E-state index contributed by atoms with van der Waals surface area (Å²) >= 11 is 0. The molecule has 0 rings (SSSR count). The van der Waals surface area contributed by atoms with Gasteiger partial charge in [0.25, 0.3) is 0 Å². The van der Waals surface area contributed by atoms with E-state index in [4.69, 9.17) is 5.11 Å². The van der Waals surface area contributed by atoms with Crippen molar-refractivity contribution in [3.63, 3.8) is 0 Å². The average Bonchev–Trinajstić information content (AvgIpc) is 2.29. The van der Waals surface area contributed by atoms with Crippen LogP contribution in [0.5, 0.6) is 0 Å². The number of hydrogen-bond acceptors (Lipinski definition) is 8. The molecule has 3 atom stereocenters. The molecule has 0 amide bonds. The van der Waals surface area contributed by atoms with Gasteiger partial charge in [-0.05, 0) is 0 Å². The Morgan fingerprint density at radius 1 is 0.950 bits per heavy atom. The zero-order valence-electron chi connectivity index (χ0n) is 11.2. The third kappa shape index (κ3) is 6.69. The molecule has 0 aliphatic carbocycles. The third-order valence-corrected chi connectivity index (χ3v) is 1.97. The molecule has 114 valence electrons. The lowest BCUT2D eigenvalue weighted by Crippen LogP contribution is -2.49. The number of hydrogen-bond donors (Lipinski definition) is 2. The molecule has 0 spiro atoms. The molecule has 20 heavy (non-hydrogen) atoms. The number of ether oxygens (including phenoxy) is 3. The molecule has 0 radical (unpaired) electrons. The van der Waals surface area contributed by atoms with Crippen LogP contribution < -0.4 is 0 Å². The average molecular weight is 292 g/mol. The summed E-state index contributed by atoms with van der Waals surface area (Å²) in [6, 6.07) is 0. The summed E-state index contributed by atoms with van der Waals surface area (Å²) in [4.78, 5) is 43.4. The summed E-state index contributed by atoms with van der Waals surface area (Å²) in [5.74, 6) is -4.16. The Kier molecular flexibility index (Phi) is 7.22. The summed E-state index contributed by atoms with van der Waals surface area (Å²) < 4.78 is 13.6. The number of esters is 3. The van der Waals surface area contributed by atoms with Crippen LogP contribution in [-0.2, 0) is 33.4 Å². The van der Waals surface area contributed by atoms with Crippen molar-refractivity contribution in [2.45, 2.75) is 39.1 Å². The lowest BCUT2D eigenvalue weighted by molar-refractivity contribution is -0.188. The van der Waals surface area contributed by atoms with E-state index in [2.05, 4.69) is 14.2 Å². The zero-order chi connectivity index (χ0) is 15.9. The Balaban J connectivity index is 5.06. The molecule has 0 aliphatic rings. The van der Waals surface area contributed by atoms with Crippen molar-refractivity contribution < 1.29 is 43.6 Å². The minimum atomic E-state index is -1.91. The lowest BCUT2D eigenvalue weighted by Gasteiger charge is -2.26. The van der Waals surface area contributed by atoms with E-state index in [1.807, 2.05) is 0 Å². The second-order valence-corrected chi connectivity index (χ2v) is 3.81. The van der Waals surface area contributed by atoms with Crippen molar-refractivity contribution >= 4 is 23.9 Å². The first-order chi connectivity index (χ1) is 9.15. The molecular weight excluding hydrogens is 276 g/mol. The van der Waals surface area contributed by atoms with Gasteiger partial charge in [0.15, 0.2) is 6.10 Å². The molecule has 0 aromatic heterocycles. The number of aliphatic carboxylic acids is 1. The Hall–Kier alpha value is -2.16. The summed E-state index contributed by atoms with van der Waals surface area (Å²) in [6.07, 6.45) is -5.28. The van der Waals surface area contributed by atoms with E-state index >= 15 is 0 Å². The van der Waals surface area contributed by atoms with Crippen LogP contribution in [0.25, 0.3) is 0 Å². The molecule has 0 fully saturated rings. The molecule has 0 aliphatic heterocycles. The monoisotopic (exact) mass is 292 g/mol. The standard InChI is InChI=1S/C11H16O9/c1-5(12)18-4-8(15)9(19-6(2)13)10(11(16)17)20-7(3)14/h8-10,15H,4H2,1-3H3,(H,16,17). The minimum Gasteiger partial charge on any atom is -0.478 e. The van der Waals surface area contributed by atoms with Crippen LogP contribution in [0.2, 0.25) is 0 Å². The Morgan fingerprint density at radius 2 is 1.45 bits per heavy atom. The van der Waals surface area contributed by atoms with Crippen molar-refractivity contribution in [3.8, 4) is 0 Å². The van der Waals surface area contributed by atoms with Gasteiger partial charge in [-0.25, -0.2) is 4.79 Å². The maximum Gasteiger partial charge on any atom is 0.349 e. The molecule has 0 saturated carbocycles. The predicted molar refractivity (Wildman–Crippen MR) is 61.4 cm³/mol. The maximum absolute atomic E-state index is 11.0. The smallest absolute Gasteiger partial charge is 0.349 e. The van der Waals surface area contributed by atoms with Crippen molar-refractivity contribution in [1.82, 2.24) is 0 Å². The predicted octanol–water partition coefficient (Wildman–Crippen LogP) is -1.14. The highest BCUT2D eigenvalue weighted by molar-refractivity contribution is 5.78. The van der Waals surface area contributed by atoms with Crippen LogP contribution in [0.15, 0.2) is 0 Å². The van der Waals surface area contributed by atoms with E-state index < -0.39 is 48.8 Å². The highest BCUT2D eigenvalue weighted by Crippen LogP contribution is 2.12. The molecule has 9 nitrogen and oxygen atoms in total. The van der Waals surface area contributed by atoms with E-state index in [0.29, 0.717) is 0 Å². The molecule has 2 N–H and O–H groups in total. The molecule has 3 unspecified atom stereocenters. The van der Waals surface area contributed by atoms with Gasteiger partial charge in [-0.1, -0.05) is 0 Å². The summed E-state index contributed by atoms with van der Waals surface area (Å²) in [5, 5.41) is 18.7. The van der Waals surface area contributed by atoms with Gasteiger partial charge in [0, 0.05) is 20.8 Å². The van der Waals surface area contributed by atoms with Gasteiger partial charge in [0.05, 0.1) is 0 Å². The Bertz CT molecular complexity index is 389. The largest absolute Gasteiger partial charge is 0.478 e. The van der Waals surface area contributed by atoms with Crippen LogP contribution >= 0.6 is 0 Å². The first-order valence-corrected chi connectivity index (χ1v) is 5.53. The van der Waals surface area contributed by atoms with Gasteiger partial charge >= 0.3 is 23.9 Å². The zero-order valence-corrected chi connectivity index (χ0v) is 11.2. The number of carbonyl (C=O) groups is 4. The number of carboxylic acids is 1. The van der Waals surface area contributed by atoms with E-state index in [-0.39, 0.29) is 0 Å². The molecule has 0 saturated heterocycles. The quantitative estimate of drug-likeness (QED) is 0.440.